The quantitative estimate of drug-likeness (QED) is 0.565. The summed E-state index contributed by atoms with van der Waals surface area (Å²) in [5, 5.41) is 0. The highest BCUT2D eigenvalue weighted by molar-refractivity contribution is 6.03. The summed E-state index contributed by atoms with van der Waals surface area (Å²) < 4.78 is 10.2. The summed E-state index contributed by atoms with van der Waals surface area (Å²) >= 11 is 0. The molecule has 146 valence electrons. The standard InChI is InChI=1S/C23H24O5/c1-3-27-22(25)15(2)28-23(26)21-19(24)14-18(16-10-6-4-7-11-16)20(21)17-12-8-5-9-13-17/h4-13,15,18,20-21H,3,14H2,1-2H3/t15-,18+,20+,21+/m0/s1. The van der Waals surface area contributed by atoms with Crippen molar-refractivity contribution in [2.75, 3.05) is 6.61 Å². The van der Waals surface area contributed by atoms with Crippen molar-refractivity contribution in [3.8, 4) is 0 Å². The largest absolute Gasteiger partial charge is 0.463 e. The Bertz CT molecular complexity index is 831. The first-order chi connectivity index (χ1) is 13.5. The average Bonchev–Trinajstić information content (AvgIpc) is 3.06. The van der Waals surface area contributed by atoms with Crippen LogP contribution < -0.4 is 0 Å². The third-order valence-corrected chi connectivity index (χ3v) is 5.14. The lowest BCUT2D eigenvalue weighted by Crippen LogP contribution is -2.33. The topological polar surface area (TPSA) is 69.7 Å². The second kappa shape index (κ2) is 8.83. The fraction of sp³-hybridized carbons (Fsp3) is 0.348. The van der Waals surface area contributed by atoms with Gasteiger partial charge in [0.15, 0.2) is 6.10 Å². The number of ether oxygens (including phenoxy) is 2. The van der Waals surface area contributed by atoms with Crippen LogP contribution in [0.5, 0.6) is 0 Å². The maximum Gasteiger partial charge on any atom is 0.347 e. The van der Waals surface area contributed by atoms with Gasteiger partial charge in [0.2, 0.25) is 0 Å². The number of carbonyl (C=O) groups is 3. The predicted molar refractivity (Wildman–Crippen MR) is 104 cm³/mol. The molecule has 0 unspecified atom stereocenters. The number of ketones is 1. The van der Waals surface area contributed by atoms with Gasteiger partial charge in [0.25, 0.3) is 0 Å². The average molecular weight is 380 g/mol. The third-order valence-electron chi connectivity index (χ3n) is 5.14. The molecule has 1 aliphatic rings. The van der Waals surface area contributed by atoms with Crippen LogP contribution in [0.4, 0.5) is 0 Å². The molecule has 0 saturated heterocycles. The van der Waals surface area contributed by atoms with E-state index in [4.69, 9.17) is 9.47 Å². The van der Waals surface area contributed by atoms with E-state index in [1.54, 1.807) is 6.92 Å². The highest BCUT2D eigenvalue weighted by atomic mass is 16.6. The van der Waals surface area contributed by atoms with Crippen LogP contribution in [0.1, 0.15) is 43.2 Å². The van der Waals surface area contributed by atoms with Crippen LogP contribution in [-0.4, -0.2) is 30.4 Å². The van der Waals surface area contributed by atoms with E-state index < -0.39 is 24.0 Å². The minimum atomic E-state index is -1.05. The molecule has 1 aliphatic carbocycles. The zero-order valence-corrected chi connectivity index (χ0v) is 16.0. The molecule has 0 radical (unpaired) electrons. The molecule has 4 atom stereocenters. The van der Waals surface area contributed by atoms with Crippen LogP contribution >= 0.6 is 0 Å². The fourth-order valence-corrected chi connectivity index (χ4v) is 3.86. The first-order valence-corrected chi connectivity index (χ1v) is 9.52. The van der Waals surface area contributed by atoms with Gasteiger partial charge in [0.1, 0.15) is 11.7 Å². The molecule has 2 aromatic carbocycles. The van der Waals surface area contributed by atoms with Crippen LogP contribution in [0.2, 0.25) is 0 Å². The van der Waals surface area contributed by atoms with Crippen LogP contribution in [0.3, 0.4) is 0 Å². The van der Waals surface area contributed by atoms with Gasteiger partial charge in [-0.2, -0.15) is 0 Å². The van der Waals surface area contributed by atoms with Gasteiger partial charge in [-0.05, 0) is 30.9 Å². The maximum absolute atomic E-state index is 12.9. The van der Waals surface area contributed by atoms with Crippen molar-refractivity contribution in [2.45, 2.75) is 38.2 Å². The van der Waals surface area contributed by atoms with E-state index in [9.17, 15) is 14.4 Å². The Labute approximate surface area is 164 Å². The molecule has 0 amide bonds. The lowest BCUT2D eigenvalue weighted by Gasteiger charge is -2.24. The van der Waals surface area contributed by atoms with E-state index in [2.05, 4.69) is 0 Å². The summed E-state index contributed by atoms with van der Waals surface area (Å²) in [7, 11) is 0. The Morgan fingerprint density at radius 3 is 2.14 bits per heavy atom. The van der Waals surface area contributed by atoms with E-state index >= 15 is 0 Å². The van der Waals surface area contributed by atoms with Crippen LogP contribution in [-0.2, 0) is 23.9 Å². The smallest absolute Gasteiger partial charge is 0.347 e. The lowest BCUT2D eigenvalue weighted by molar-refractivity contribution is -0.169. The minimum Gasteiger partial charge on any atom is -0.463 e. The van der Waals surface area contributed by atoms with Crippen molar-refractivity contribution >= 4 is 17.7 Å². The number of esters is 2. The van der Waals surface area contributed by atoms with Crippen molar-refractivity contribution in [3.05, 3.63) is 71.8 Å². The van der Waals surface area contributed by atoms with Gasteiger partial charge in [-0.15, -0.1) is 0 Å². The van der Waals surface area contributed by atoms with Gasteiger partial charge < -0.3 is 9.47 Å². The molecule has 28 heavy (non-hydrogen) atoms. The molecular weight excluding hydrogens is 356 g/mol. The Hall–Kier alpha value is -2.95. The molecule has 0 N–H and O–H groups in total. The second-order valence-corrected chi connectivity index (χ2v) is 6.93. The Morgan fingerprint density at radius 2 is 1.57 bits per heavy atom. The molecule has 0 spiro atoms. The first-order valence-electron chi connectivity index (χ1n) is 9.52. The number of Topliss-reactive ketones (excluding diaryl/α,β-unsaturated/α-hetero) is 1. The minimum absolute atomic E-state index is 0.119. The first kappa shape index (κ1) is 19.8. The third kappa shape index (κ3) is 4.14. The summed E-state index contributed by atoms with van der Waals surface area (Å²) in [4.78, 5) is 37.6. The number of hydrogen-bond acceptors (Lipinski definition) is 5. The normalized spacial score (nSPS) is 22.5. The van der Waals surface area contributed by atoms with Crippen molar-refractivity contribution in [2.24, 2.45) is 5.92 Å². The summed E-state index contributed by atoms with van der Waals surface area (Å²) in [5.74, 6) is -2.84. The monoisotopic (exact) mass is 380 g/mol. The molecule has 0 aromatic heterocycles. The number of benzene rings is 2. The van der Waals surface area contributed by atoms with Gasteiger partial charge in [0.05, 0.1) is 6.61 Å². The lowest BCUT2D eigenvalue weighted by atomic mass is 9.80. The molecule has 5 heteroatoms. The molecular formula is C23H24O5. The van der Waals surface area contributed by atoms with E-state index in [0.29, 0.717) is 0 Å². The zero-order chi connectivity index (χ0) is 20.1. The highest BCUT2D eigenvalue weighted by Crippen LogP contribution is 2.48. The summed E-state index contributed by atoms with van der Waals surface area (Å²) in [5.41, 5.74) is 1.92. The summed E-state index contributed by atoms with van der Waals surface area (Å²) in [6.45, 7) is 3.34. The van der Waals surface area contributed by atoms with Gasteiger partial charge >= 0.3 is 11.9 Å². The van der Waals surface area contributed by atoms with Gasteiger partial charge in [0, 0.05) is 12.3 Å². The number of rotatable bonds is 6. The molecule has 1 saturated carbocycles. The van der Waals surface area contributed by atoms with Crippen molar-refractivity contribution in [3.63, 3.8) is 0 Å². The summed E-state index contributed by atoms with van der Waals surface area (Å²) in [6.07, 6.45) is -0.788. The van der Waals surface area contributed by atoms with E-state index in [1.165, 1.54) is 6.92 Å². The SMILES string of the molecule is CCOC(=O)[C@H](C)OC(=O)[C@@H]1C(=O)C[C@H](c2ccccc2)[C@H]1c1ccccc1. The Balaban J connectivity index is 1.91. The van der Waals surface area contributed by atoms with E-state index in [0.717, 1.165) is 11.1 Å². The van der Waals surface area contributed by atoms with Gasteiger partial charge in [-0.3, -0.25) is 9.59 Å². The number of hydrogen-bond donors (Lipinski definition) is 0. The summed E-state index contributed by atoms with van der Waals surface area (Å²) in [6, 6.07) is 19.3. The highest BCUT2D eigenvalue weighted by Gasteiger charge is 2.49. The van der Waals surface area contributed by atoms with Crippen molar-refractivity contribution < 1.29 is 23.9 Å². The predicted octanol–water partition coefficient (Wildman–Crippen LogP) is 3.64. The molecule has 0 heterocycles. The van der Waals surface area contributed by atoms with Crippen molar-refractivity contribution in [1.82, 2.24) is 0 Å². The van der Waals surface area contributed by atoms with Crippen molar-refractivity contribution in [1.29, 1.82) is 0 Å². The Kier molecular flexibility index (Phi) is 6.24. The van der Waals surface area contributed by atoms with E-state index in [-0.39, 0.29) is 30.6 Å². The molecule has 0 aliphatic heterocycles. The zero-order valence-electron chi connectivity index (χ0n) is 16.0. The molecule has 3 rings (SSSR count). The van der Waals surface area contributed by atoms with Gasteiger partial charge in [-0.25, -0.2) is 4.79 Å². The van der Waals surface area contributed by atoms with E-state index in [1.807, 2.05) is 60.7 Å². The van der Waals surface area contributed by atoms with Crippen LogP contribution in [0.15, 0.2) is 60.7 Å². The van der Waals surface area contributed by atoms with Gasteiger partial charge in [-0.1, -0.05) is 60.7 Å². The Morgan fingerprint density at radius 1 is 1.00 bits per heavy atom. The molecule has 5 nitrogen and oxygen atoms in total. The van der Waals surface area contributed by atoms with Crippen LogP contribution in [0, 0.1) is 5.92 Å². The second-order valence-electron chi connectivity index (χ2n) is 6.93. The molecule has 1 fully saturated rings. The number of carbonyl (C=O) groups excluding carboxylic acids is 3. The molecule has 0 bridgehead atoms. The van der Waals surface area contributed by atoms with Crippen LogP contribution in [0.25, 0.3) is 0 Å². The maximum atomic E-state index is 12.9. The fourth-order valence-electron chi connectivity index (χ4n) is 3.86. The molecule has 2 aromatic rings.